The summed E-state index contributed by atoms with van der Waals surface area (Å²) in [6.45, 7) is 3.13. The maximum Gasteiger partial charge on any atom is 0.338 e. The lowest BCUT2D eigenvalue weighted by Crippen LogP contribution is -2.23. The topological polar surface area (TPSA) is 46.6 Å². The third kappa shape index (κ3) is 3.32. The molecule has 1 aliphatic rings. The number of anilines is 1. The van der Waals surface area contributed by atoms with Gasteiger partial charge in [-0.15, -0.1) is 0 Å². The molecule has 2 aromatic carbocycles. The maximum atomic E-state index is 12.5. The van der Waals surface area contributed by atoms with E-state index in [1.165, 1.54) is 0 Å². The second-order valence-corrected chi connectivity index (χ2v) is 5.94. The SMILES string of the molecule is CCCCCOC(=O)c1ccc(N2Cc3ccccc3C2=O)cc1. The molecule has 4 heteroatoms. The van der Waals surface area contributed by atoms with Crippen LogP contribution in [0, 0.1) is 0 Å². The van der Waals surface area contributed by atoms with Crippen molar-refractivity contribution < 1.29 is 14.3 Å². The minimum atomic E-state index is -0.311. The predicted octanol–water partition coefficient (Wildman–Crippen LogP) is 4.19. The second-order valence-electron chi connectivity index (χ2n) is 5.94. The number of fused-ring (bicyclic) bond motifs is 1. The van der Waals surface area contributed by atoms with Gasteiger partial charge in [0.25, 0.3) is 5.91 Å². The first kappa shape index (κ1) is 16.2. The van der Waals surface area contributed by atoms with Gasteiger partial charge in [0.05, 0.1) is 18.7 Å². The number of benzene rings is 2. The molecular weight excluding hydrogens is 302 g/mol. The summed E-state index contributed by atoms with van der Waals surface area (Å²) >= 11 is 0. The Bertz CT molecular complexity index is 737. The highest BCUT2D eigenvalue weighted by Crippen LogP contribution is 2.28. The third-order valence-electron chi connectivity index (χ3n) is 4.22. The van der Waals surface area contributed by atoms with Gasteiger partial charge in [0.1, 0.15) is 0 Å². The molecule has 2 aromatic rings. The van der Waals surface area contributed by atoms with Crippen molar-refractivity contribution in [3.05, 3.63) is 65.2 Å². The van der Waals surface area contributed by atoms with E-state index < -0.39 is 0 Å². The number of unbranched alkanes of at least 4 members (excludes halogenated alkanes) is 2. The van der Waals surface area contributed by atoms with Crippen LogP contribution in [0.15, 0.2) is 48.5 Å². The number of rotatable bonds is 6. The van der Waals surface area contributed by atoms with Crippen LogP contribution < -0.4 is 4.90 Å². The van der Waals surface area contributed by atoms with Crippen LogP contribution in [0.1, 0.15) is 52.5 Å². The summed E-state index contributed by atoms with van der Waals surface area (Å²) in [6.07, 6.45) is 3.04. The maximum absolute atomic E-state index is 12.5. The molecule has 0 saturated heterocycles. The van der Waals surface area contributed by atoms with Crippen LogP contribution in [0.25, 0.3) is 0 Å². The van der Waals surface area contributed by atoms with Crippen LogP contribution >= 0.6 is 0 Å². The van der Waals surface area contributed by atoms with Gasteiger partial charge in [-0.25, -0.2) is 4.79 Å². The normalized spacial score (nSPS) is 13.0. The zero-order chi connectivity index (χ0) is 16.9. The molecule has 0 atom stereocenters. The molecule has 1 amide bonds. The third-order valence-corrected chi connectivity index (χ3v) is 4.22. The van der Waals surface area contributed by atoms with E-state index in [0.717, 1.165) is 36.1 Å². The lowest BCUT2D eigenvalue weighted by molar-refractivity contribution is 0.0498. The van der Waals surface area contributed by atoms with Crippen molar-refractivity contribution in [2.75, 3.05) is 11.5 Å². The zero-order valence-electron chi connectivity index (χ0n) is 13.8. The Labute approximate surface area is 142 Å². The molecule has 0 spiro atoms. The van der Waals surface area contributed by atoms with Gasteiger partial charge in [0.15, 0.2) is 0 Å². The second kappa shape index (κ2) is 7.30. The Balaban J connectivity index is 1.65. The predicted molar refractivity (Wildman–Crippen MR) is 93.2 cm³/mol. The van der Waals surface area contributed by atoms with Crippen molar-refractivity contribution in [1.29, 1.82) is 0 Å². The summed E-state index contributed by atoms with van der Waals surface area (Å²) in [5, 5.41) is 0. The number of carbonyl (C=O) groups is 2. The fourth-order valence-corrected chi connectivity index (χ4v) is 2.84. The molecule has 3 rings (SSSR count). The first-order valence-electron chi connectivity index (χ1n) is 8.37. The van der Waals surface area contributed by atoms with Gasteiger partial charge in [-0.1, -0.05) is 38.0 Å². The monoisotopic (exact) mass is 323 g/mol. The van der Waals surface area contributed by atoms with Crippen LogP contribution in [-0.2, 0) is 11.3 Å². The van der Waals surface area contributed by atoms with Crippen molar-refractivity contribution in [1.82, 2.24) is 0 Å². The highest BCUT2D eigenvalue weighted by atomic mass is 16.5. The van der Waals surface area contributed by atoms with Gasteiger partial charge in [-0.2, -0.15) is 0 Å². The quantitative estimate of drug-likeness (QED) is 0.591. The van der Waals surface area contributed by atoms with E-state index in [0.29, 0.717) is 18.7 Å². The zero-order valence-corrected chi connectivity index (χ0v) is 13.8. The Morgan fingerprint density at radius 3 is 2.54 bits per heavy atom. The van der Waals surface area contributed by atoms with Gasteiger partial charge in [-0.05, 0) is 42.3 Å². The summed E-state index contributed by atoms with van der Waals surface area (Å²) in [7, 11) is 0. The molecule has 1 heterocycles. The van der Waals surface area contributed by atoms with Gasteiger partial charge < -0.3 is 9.64 Å². The van der Waals surface area contributed by atoms with Crippen LogP contribution in [0.2, 0.25) is 0 Å². The van der Waals surface area contributed by atoms with E-state index in [2.05, 4.69) is 6.92 Å². The molecule has 0 fully saturated rings. The molecule has 0 saturated carbocycles. The summed E-state index contributed by atoms with van der Waals surface area (Å²) in [6, 6.07) is 14.7. The Kier molecular flexibility index (Phi) is 4.94. The summed E-state index contributed by atoms with van der Waals surface area (Å²) in [5.41, 5.74) is 3.08. The first-order chi connectivity index (χ1) is 11.7. The number of hydrogen-bond donors (Lipinski definition) is 0. The van der Waals surface area contributed by atoms with E-state index in [1.807, 2.05) is 24.3 Å². The van der Waals surface area contributed by atoms with Crippen molar-refractivity contribution >= 4 is 17.6 Å². The number of ether oxygens (including phenoxy) is 1. The number of amides is 1. The highest BCUT2D eigenvalue weighted by molar-refractivity contribution is 6.10. The van der Waals surface area contributed by atoms with Crippen molar-refractivity contribution in [2.24, 2.45) is 0 Å². The molecule has 0 aliphatic carbocycles. The molecule has 0 bridgehead atoms. The summed E-state index contributed by atoms with van der Waals surface area (Å²) < 4.78 is 5.25. The van der Waals surface area contributed by atoms with Gasteiger partial charge in [0, 0.05) is 11.3 Å². The standard InChI is InChI=1S/C20H21NO3/c1-2-3-6-13-24-20(23)15-9-11-17(12-10-15)21-14-16-7-4-5-8-18(16)19(21)22/h4-5,7-12H,2-3,6,13-14H2,1H3. The molecule has 0 unspecified atom stereocenters. The van der Waals surface area contributed by atoms with E-state index in [-0.39, 0.29) is 11.9 Å². The van der Waals surface area contributed by atoms with Crippen LogP contribution in [-0.4, -0.2) is 18.5 Å². The van der Waals surface area contributed by atoms with Gasteiger partial charge in [-0.3, -0.25) is 4.79 Å². The van der Waals surface area contributed by atoms with Crippen LogP contribution in [0.4, 0.5) is 5.69 Å². The molecule has 24 heavy (non-hydrogen) atoms. The minimum absolute atomic E-state index is 0.000456. The first-order valence-corrected chi connectivity index (χ1v) is 8.37. The molecule has 4 nitrogen and oxygen atoms in total. The average molecular weight is 323 g/mol. The number of esters is 1. The van der Waals surface area contributed by atoms with E-state index in [9.17, 15) is 9.59 Å². The van der Waals surface area contributed by atoms with Crippen molar-refractivity contribution in [3.63, 3.8) is 0 Å². The Morgan fingerprint density at radius 1 is 1.08 bits per heavy atom. The molecule has 124 valence electrons. The van der Waals surface area contributed by atoms with Crippen LogP contribution in [0.5, 0.6) is 0 Å². The van der Waals surface area contributed by atoms with Crippen molar-refractivity contribution in [2.45, 2.75) is 32.7 Å². The van der Waals surface area contributed by atoms with E-state index in [4.69, 9.17) is 4.74 Å². The van der Waals surface area contributed by atoms with Gasteiger partial charge in [0.2, 0.25) is 0 Å². The molecule has 1 aliphatic heterocycles. The Hall–Kier alpha value is -2.62. The lowest BCUT2D eigenvalue weighted by atomic mass is 10.1. The Morgan fingerprint density at radius 2 is 1.83 bits per heavy atom. The van der Waals surface area contributed by atoms with Gasteiger partial charge >= 0.3 is 5.97 Å². The molecular formula is C20H21NO3. The number of nitrogens with zero attached hydrogens (tertiary/aromatic N) is 1. The molecule has 0 N–H and O–H groups in total. The average Bonchev–Trinajstić information content (AvgIpc) is 2.96. The largest absolute Gasteiger partial charge is 0.462 e. The number of carbonyl (C=O) groups excluding carboxylic acids is 2. The molecule has 0 aromatic heterocycles. The van der Waals surface area contributed by atoms with E-state index in [1.54, 1.807) is 29.2 Å². The fourth-order valence-electron chi connectivity index (χ4n) is 2.84. The van der Waals surface area contributed by atoms with Crippen molar-refractivity contribution in [3.8, 4) is 0 Å². The van der Waals surface area contributed by atoms with E-state index >= 15 is 0 Å². The summed E-state index contributed by atoms with van der Waals surface area (Å²) in [5.74, 6) is -0.311. The van der Waals surface area contributed by atoms with Crippen LogP contribution in [0.3, 0.4) is 0 Å². The fraction of sp³-hybridized carbons (Fsp3) is 0.300. The number of hydrogen-bond acceptors (Lipinski definition) is 3. The smallest absolute Gasteiger partial charge is 0.338 e. The summed E-state index contributed by atoms with van der Waals surface area (Å²) in [4.78, 5) is 26.2. The highest BCUT2D eigenvalue weighted by Gasteiger charge is 2.27. The lowest BCUT2D eigenvalue weighted by Gasteiger charge is -2.16. The minimum Gasteiger partial charge on any atom is -0.462 e. The molecule has 0 radical (unpaired) electrons.